The van der Waals surface area contributed by atoms with E-state index in [0.717, 1.165) is 18.6 Å². The van der Waals surface area contributed by atoms with E-state index in [1.807, 2.05) is 0 Å². The summed E-state index contributed by atoms with van der Waals surface area (Å²) in [5.41, 5.74) is -0.0106. The Kier molecular flexibility index (Phi) is 6.49. The zero-order chi connectivity index (χ0) is 14.3. The molecule has 0 bridgehead atoms. The van der Waals surface area contributed by atoms with E-state index in [1.54, 1.807) is 6.07 Å². The van der Waals surface area contributed by atoms with Crippen LogP contribution in [0.15, 0.2) is 18.2 Å². The van der Waals surface area contributed by atoms with Crippen molar-refractivity contribution in [2.24, 2.45) is 5.92 Å². The van der Waals surface area contributed by atoms with Crippen LogP contribution in [0.2, 0.25) is 0 Å². The first-order valence-electron chi connectivity index (χ1n) is 6.18. The van der Waals surface area contributed by atoms with E-state index < -0.39 is 4.92 Å². The molecule has 0 aromatic heterocycles. The van der Waals surface area contributed by atoms with Crippen molar-refractivity contribution in [1.82, 2.24) is 0 Å². The number of methoxy groups -OCH3 is 1. The van der Waals surface area contributed by atoms with E-state index in [2.05, 4.69) is 19.6 Å². The Morgan fingerprint density at radius 3 is 2.68 bits per heavy atom. The SMILES string of the molecule is CCCC(CS)COc1ccc([N+](=O)[O-])cc1OC. The summed E-state index contributed by atoms with van der Waals surface area (Å²) in [5, 5.41) is 10.7. The predicted octanol–water partition coefficient (Wildman–Crippen LogP) is 3.33. The average molecular weight is 285 g/mol. The van der Waals surface area contributed by atoms with Crippen LogP contribution in [0.3, 0.4) is 0 Å². The van der Waals surface area contributed by atoms with Crippen LogP contribution in [0.1, 0.15) is 19.8 Å². The minimum absolute atomic E-state index is 0.0106. The number of nitro groups is 1. The summed E-state index contributed by atoms with van der Waals surface area (Å²) in [5.74, 6) is 2.02. The molecule has 1 aromatic rings. The Bertz CT molecular complexity index is 425. The highest BCUT2D eigenvalue weighted by atomic mass is 32.1. The van der Waals surface area contributed by atoms with Crippen LogP contribution in [0.4, 0.5) is 5.69 Å². The molecule has 0 aliphatic rings. The quantitative estimate of drug-likeness (QED) is 0.452. The van der Waals surface area contributed by atoms with Crippen molar-refractivity contribution >= 4 is 18.3 Å². The third kappa shape index (κ3) is 4.63. The first-order valence-corrected chi connectivity index (χ1v) is 6.81. The molecule has 106 valence electrons. The van der Waals surface area contributed by atoms with Crippen LogP contribution in [0.25, 0.3) is 0 Å². The zero-order valence-electron chi connectivity index (χ0n) is 11.2. The molecule has 19 heavy (non-hydrogen) atoms. The van der Waals surface area contributed by atoms with E-state index in [1.165, 1.54) is 19.2 Å². The van der Waals surface area contributed by atoms with Crippen LogP contribution in [0, 0.1) is 16.0 Å². The van der Waals surface area contributed by atoms with Crippen molar-refractivity contribution < 1.29 is 14.4 Å². The van der Waals surface area contributed by atoms with Gasteiger partial charge in [0.15, 0.2) is 11.5 Å². The number of rotatable bonds is 8. The molecule has 0 saturated carbocycles. The lowest BCUT2D eigenvalue weighted by Gasteiger charge is -2.16. The summed E-state index contributed by atoms with van der Waals surface area (Å²) in [4.78, 5) is 10.2. The van der Waals surface area contributed by atoms with Gasteiger partial charge in [0.2, 0.25) is 0 Å². The maximum absolute atomic E-state index is 10.7. The van der Waals surface area contributed by atoms with Crippen molar-refractivity contribution in [3.8, 4) is 11.5 Å². The number of ether oxygens (including phenoxy) is 2. The molecule has 6 heteroatoms. The molecule has 0 fully saturated rings. The molecule has 1 aromatic carbocycles. The Morgan fingerprint density at radius 2 is 2.16 bits per heavy atom. The van der Waals surface area contributed by atoms with Crippen molar-refractivity contribution in [2.75, 3.05) is 19.5 Å². The van der Waals surface area contributed by atoms with Gasteiger partial charge >= 0.3 is 0 Å². The van der Waals surface area contributed by atoms with Crippen molar-refractivity contribution in [3.05, 3.63) is 28.3 Å². The Balaban J connectivity index is 2.75. The Morgan fingerprint density at radius 1 is 1.42 bits per heavy atom. The number of nitrogens with zero attached hydrogens (tertiary/aromatic N) is 1. The van der Waals surface area contributed by atoms with E-state index in [9.17, 15) is 10.1 Å². The van der Waals surface area contributed by atoms with Gasteiger partial charge in [0.1, 0.15) is 0 Å². The highest BCUT2D eigenvalue weighted by molar-refractivity contribution is 7.80. The molecule has 0 N–H and O–H groups in total. The molecular weight excluding hydrogens is 266 g/mol. The molecule has 1 rings (SSSR count). The van der Waals surface area contributed by atoms with Gasteiger partial charge in [-0.05, 0) is 18.2 Å². The highest BCUT2D eigenvalue weighted by Crippen LogP contribution is 2.31. The lowest BCUT2D eigenvalue weighted by Crippen LogP contribution is -2.13. The summed E-state index contributed by atoms with van der Waals surface area (Å²) in [7, 11) is 1.47. The third-order valence-electron chi connectivity index (χ3n) is 2.79. The topological polar surface area (TPSA) is 61.6 Å². The van der Waals surface area contributed by atoms with Gasteiger partial charge in [-0.3, -0.25) is 10.1 Å². The number of hydrogen-bond donors (Lipinski definition) is 1. The van der Waals surface area contributed by atoms with Crippen LogP contribution in [-0.4, -0.2) is 24.4 Å². The monoisotopic (exact) mass is 285 g/mol. The molecule has 0 saturated heterocycles. The second-order valence-electron chi connectivity index (χ2n) is 4.24. The van der Waals surface area contributed by atoms with Gasteiger partial charge in [-0.15, -0.1) is 0 Å². The van der Waals surface area contributed by atoms with Crippen molar-refractivity contribution in [3.63, 3.8) is 0 Å². The Hall–Kier alpha value is -1.43. The van der Waals surface area contributed by atoms with Gasteiger partial charge in [-0.25, -0.2) is 0 Å². The summed E-state index contributed by atoms with van der Waals surface area (Å²) in [6.45, 7) is 2.65. The predicted molar refractivity (Wildman–Crippen MR) is 77.4 cm³/mol. The van der Waals surface area contributed by atoms with Crippen LogP contribution in [-0.2, 0) is 0 Å². The lowest BCUT2D eigenvalue weighted by molar-refractivity contribution is -0.384. The van der Waals surface area contributed by atoms with Crippen molar-refractivity contribution in [1.29, 1.82) is 0 Å². The number of benzene rings is 1. The minimum Gasteiger partial charge on any atom is -0.493 e. The fraction of sp³-hybridized carbons (Fsp3) is 0.538. The van der Waals surface area contributed by atoms with Crippen LogP contribution >= 0.6 is 12.6 Å². The normalized spacial score (nSPS) is 11.9. The van der Waals surface area contributed by atoms with Gasteiger partial charge in [0.25, 0.3) is 5.69 Å². The van der Waals surface area contributed by atoms with E-state index in [-0.39, 0.29) is 5.69 Å². The second kappa shape index (κ2) is 7.89. The highest BCUT2D eigenvalue weighted by Gasteiger charge is 2.14. The van der Waals surface area contributed by atoms with E-state index >= 15 is 0 Å². The smallest absolute Gasteiger partial charge is 0.273 e. The number of non-ortho nitro benzene ring substituents is 1. The first-order chi connectivity index (χ1) is 9.12. The summed E-state index contributed by atoms with van der Waals surface area (Å²) in [6, 6.07) is 4.34. The number of hydrogen-bond acceptors (Lipinski definition) is 5. The minimum atomic E-state index is -0.458. The summed E-state index contributed by atoms with van der Waals surface area (Å²) in [6.07, 6.45) is 2.12. The fourth-order valence-corrected chi connectivity index (χ4v) is 2.02. The Labute approximate surface area is 118 Å². The molecule has 5 nitrogen and oxygen atoms in total. The van der Waals surface area contributed by atoms with Crippen molar-refractivity contribution in [2.45, 2.75) is 19.8 Å². The molecule has 0 spiro atoms. The molecule has 1 unspecified atom stereocenters. The molecule has 1 atom stereocenters. The molecule has 0 amide bonds. The van der Waals surface area contributed by atoms with Gasteiger partial charge in [0.05, 0.1) is 24.7 Å². The standard InChI is InChI=1S/C13H19NO4S/c1-3-4-10(9-19)8-18-12-6-5-11(14(15)16)7-13(12)17-2/h5-7,10,19H,3-4,8-9H2,1-2H3. The number of thiol groups is 1. The average Bonchev–Trinajstić information content (AvgIpc) is 2.43. The van der Waals surface area contributed by atoms with E-state index in [4.69, 9.17) is 9.47 Å². The van der Waals surface area contributed by atoms with Gasteiger partial charge in [-0.2, -0.15) is 12.6 Å². The molecule has 0 heterocycles. The van der Waals surface area contributed by atoms with Crippen LogP contribution in [0.5, 0.6) is 11.5 Å². The molecule has 0 aliphatic carbocycles. The molecular formula is C13H19NO4S. The lowest BCUT2D eigenvalue weighted by atomic mass is 10.1. The fourth-order valence-electron chi connectivity index (χ4n) is 1.73. The van der Waals surface area contributed by atoms with Gasteiger partial charge < -0.3 is 9.47 Å². The number of nitro benzene ring substituents is 1. The third-order valence-corrected chi connectivity index (χ3v) is 3.30. The zero-order valence-corrected chi connectivity index (χ0v) is 12.1. The first kappa shape index (κ1) is 15.6. The van der Waals surface area contributed by atoms with Crippen LogP contribution < -0.4 is 9.47 Å². The molecule has 0 aliphatic heterocycles. The largest absolute Gasteiger partial charge is 0.493 e. The van der Waals surface area contributed by atoms with E-state index in [0.29, 0.717) is 24.0 Å². The van der Waals surface area contributed by atoms with Gasteiger partial charge in [0, 0.05) is 12.0 Å². The second-order valence-corrected chi connectivity index (χ2v) is 4.61. The molecule has 0 radical (unpaired) electrons. The summed E-state index contributed by atoms with van der Waals surface area (Å²) >= 11 is 4.29. The van der Waals surface area contributed by atoms with Gasteiger partial charge in [-0.1, -0.05) is 13.3 Å². The maximum atomic E-state index is 10.7. The summed E-state index contributed by atoms with van der Waals surface area (Å²) < 4.78 is 10.8. The maximum Gasteiger partial charge on any atom is 0.273 e.